The standard InChI is InChI=1S/C70H131N10O5P/c1-12-13-49-76-69-78-66(71)65-67(79-69)80(70(82)77-65)54-63-37-39-64(40-38-63)68(81)75-50-23-47-73-44-15-14-43-72-45-22-46-74-48-24-53-86(83,84-51-41-61(10)35-20-33-59(8)31-18-29-57(6)27-16-25-55(2)3)85-52-42-62(11)36-21-34-60(9)32-19-30-58(7)28-17-26-56(4)5/h37-40,55-62,72-74H,12-36,41-54H2,1-11H3,(H,75,81)(H,77,82)(H3,71,76,78,79). The van der Waals surface area contributed by atoms with E-state index < -0.39 is 7.60 Å². The van der Waals surface area contributed by atoms with Gasteiger partial charge < -0.3 is 46.3 Å². The molecule has 1 amide bonds. The lowest BCUT2D eigenvalue weighted by Gasteiger charge is -2.21. The van der Waals surface area contributed by atoms with Crippen LogP contribution in [0.3, 0.4) is 0 Å². The molecule has 0 aliphatic heterocycles. The van der Waals surface area contributed by atoms with Crippen molar-refractivity contribution >= 4 is 36.4 Å². The van der Waals surface area contributed by atoms with E-state index in [0.29, 0.717) is 60.4 Å². The van der Waals surface area contributed by atoms with Gasteiger partial charge in [-0.25, -0.2) is 4.79 Å². The van der Waals surface area contributed by atoms with Crippen molar-refractivity contribution in [2.24, 2.45) is 47.3 Å². The molecule has 15 nitrogen and oxygen atoms in total. The zero-order chi connectivity index (χ0) is 62.8. The fourth-order valence-corrected chi connectivity index (χ4v) is 13.2. The minimum absolute atomic E-state index is 0.120. The number of anilines is 2. The summed E-state index contributed by atoms with van der Waals surface area (Å²) in [5, 5.41) is 16.9. The summed E-state index contributed by atoms with van der Waals surface area (Å²) in [6, 6.07) is 7.29. The van der Waals surface area contributed by atoms with Gasteiger partial charge in [-0.05, 0) is 156 Å². The molecular weight excluding hydrogens is 1090 g/mol. The average molecular weight is 1220 g/mol. The third-order valence-corrected chi connectivity index (χ3v) is 19.6. The highest BCUT2D eigenvalue weighted by Crippen LogP contribution is 2.49. The second-order valence-electron chi connectivity index (χ2n) is 27.5. The van der Waals surface area contributed by atoms with Crippen molar-refractivity contribution in [3.63, 3.8) is 0 Å². The van der Waals surface area contributed by atoms with Crippen molar-refractivity contribution in [2.45, 2.75) is 256 Å². The van der Waals surface area contributed by atoms with Crippen LogP contribution in [0.4, 0.5) is 11.8 Å². The van der Waals surface area contributed by atoms with E-state index in [0.717, 1.165) is 145 Å². The molecule has 0 bridgehead atoms. The molecular formula is C70H131N10O5P. The van der Waals surface area contributed by atoms with Crippen LogP contribution in [-0.4, -0.2) is 97.2 Å². The van der Waals surface area contributed by atoms with Crippen LogP contribution in [0, 0.1) is 47.3 Å². The summed E-state index contributed by atoms with van der Waals surface area (Å²) in [4.78, 5) is 37.3. The Bertz CT molecular complexity index is 2220. The average Bonchev–Trinajstić information content (AvgIpc) is 2.12. The number of hydrogen-bond acceptors (Lipinski definition) is 12. The lowest BCUT2D eigenvalue weighted by atomic mass is 9.91. The molecule has 0 fully saturated rings. The summed E-state index contributed by atoms with van der Waals surface area (Å²) < 4.78 is 28.4. The van der Waals surface area contributed by atoms with Crippen LogP contribution in [0.15, 0.2) is 29.1 Å². The van der Waals surface area contributed by atoms with Crippen LogP contribution in [-0.2, 0) is 20.2 Å². The van der Waals surface area contributed by atoms with Crippen molar-refractivity contribution in [3.05, 3.63) is 45.9 Å². The monoisotopic (exact) mass is 1220 g/mol. The van der Waals surface area contributed by atoms with Crippen molar-refractivity contribution in [1.29, 1.82) is 0 Å². The van der Waals surface area contributed by atoms with E-state index in [-0.39, 0.29) is 24.0 Å². The van der Waals surface area contributed by atoms with Gasteiger partial charge in [0.25, 0.3) is 5.91 Å². The number of rotatable bonds is 56. The number of benzene rings is 1. The number of H-pyrrole nitrogens is 1. The molecule has 0 saturated heterocycles. The Balaban J connectivity index is 1.26. The zero-order valence-electron chi connectivity index (χ0n) is 56.9. The molecule has 0 aliphatic rings. The quantitative estimate of drug-likeness (QED) is 0.0209. The number of nitrogens with zero attached hydrogens (tertiary/aromatic N) is 3. The Morgan fingerprint density at radius 3 is 1.41 bits per heavy atom. The van der Waals surface area contributed by atoms with Crippen molar-refractivity contribution in [2.75, 3.05) is 82.8 Å². The number of nitrogens with two attached hydrogens (primary N) is 1. The number of hydrogen-bond donors (Lipinski definition) is 7. The summed E-state index contributed by atoms with van der Waals surface area (Å²) >= 11 is 0. The minimum atomic E-state index is -3.19. The fraction of sp³-hybridized carbons (Fsp3) is 0.829. The number of aromatic nitrogens is 4. The van der Waals surface area contributed by atoms with Gasteiger partial charge in [0.1, 0.15) is 5.52 Å². The van der Waals surface area contributed by atoms with Crippen LogP contribution in [0.5, 0.6) is 0 Å². The number of amides is 1. The first-order valence-electron chi connectivity index (χ1n) is 35.2. The molecule has 2 aromatic heterocycles. The maximum absolute atomic E-state index is 14.3. The second kappa shape index (κ2) is 46.7. The molecule has 8 N–H and O–H groups in total. The molecule has 0 spiro atoms. The maximum Gasteiger partial charge on any atom is 0.330 e. The third-order valence-electron chi connectivity index (χ3n) is 17.6. The highest BCUT2D eigenvalue weighted by Gasteiger charge is 2.25. The summed E-state index contributed by atoms with van der Waals surface area (Å²) in [5.41, 5.74) is 8.12. The summed E-state index contributed by atoms with van der Waals surface area (Å²) in [5.74, 6) is 6.51. The molecule has 0 aliphatic carbocycles. The predicted octanol–water partition coefficient (Wildman–Crippen LogP) is 16.6. The molecule has 0 radical (unpaired) electrons. The smallest absolute Gasteiger partial charge is 0.330 e. The Labute approximate surface area is 525 Å². The topological polar surface area (TPSA) is 202 Å². The first kappa shape index (κ1) is 76.9. The fourth-order valence-electron chi connectivity index (χ4n) is 11.6. The predicted molar refractivity (Wildman–Crippen MR) is 367 cm³/mol. The molecule has 1 aromatic carbocycles. The highest BCUT2D eigenvalue weighted by atomic mass is 31.2. The van der Waals surface area contributed by atoms with Gasteiger partial charge in [-0.3, -0.25) is 13.9 Å². The Hall–Kier alpha value is -3.33. The number of fused-ring (bicyclic) bond motifs is 1. The van der Waals surface area contributed by atoms with E-state index in [9.17, 15) is 14.2 Å². The van der Waals surface area contributed by atoms with Crippen molar-refractivity contribution in [3.8, 4) is 0 Å². The number of aromatic amines is 1. The van der Waals surface area contributed by atoms with Crippen LogP contribution in [0.2, 0.25) is 0 Å². The zero-order valence-corrected chi connectivity index (χ0v) is 57.8. The molecule has 3 aromatic rings. The highest BCUT2D eigenvalue weighted by molar-refractivity contribution is 7.53. The van der Waals surface area contributed by atoms with E-state index >= 15 is 0 Å². The Kier molecular flexibility index (Phi) is 41.8. The van der Waals surface area contributed by atoms with Gasteiger partial charge in [0.05, 0.1) is 25.9 Å². The molecule has 3 rings (SSSR count). The molecule has 16 heteroatoms. The van der Waals surface area contributed by atoms with Crippen LogP contribution >= 0.6 is 7.60 Å². The van der Waals surface area contributed by atoms with Gasteiger partial charge in [0.2, 0.25) is 5.95 Å². The first-order chi connectivity index (χ1) is 41.4. The van der Waals surface area contributed by atoms with E-state index in [1.54, 1.807) is 12.1 Å². The van der Waals surface area contributed by atoms with Crippen LogP contribution in [0.1, 0.15) is 265 Å². The van der Waals surface area contributed by atoms with Gasteiger partial charge in [-0.1, -0.05) is 210 Å². The van der Waals surface area contributed by atoms with Crippen molar-refractivity contribution in [1.82, 2.24) is 40.8 Å². The van der Waals surface area contributed by atoms with Crippen LogP contribution < -0.4 is 38.0 Å². The Morgan fingerprint density at radius 2 is 0.953 bits per heavy atom. The number of unbranched alkanes of at least 4 members (excludes halogenated alkanes) is 2. The number of carbonyl (C=O) groups excluding carboxylic acids is 1. The number of imidazole rings is 1. The summed E-state index contributed by atoms with van der Waals surface area (Å²) in [6.07, 6.45) is 33.1. The first-order valence-corrected chi connectivity index (χ1v) is 37.0. The SMILES string of the molecule is CCCCNc1nc(N)c2[nH]c(=O)n(Cc3ccc(C(=O)NCCCNCCCCNCCCNCCCP(=O)(OCCC(C)CCCC(C)CCCC(C)CCCC(C)C)OCCC(C)CCCC(C)CCCC(C)CCCC(C)C)cc3)c2n1. The van der Waals surface area contributed by atoms with Gasteiger partial charge in [0, 0.05) is 18.7 Å². The molecule has 2 heterocycles. The van der Waals surface area contributed by atoms with E-state index in [4.69, 9.17) is 14.8 Å². The van der Waals surface area contributed by atoms with Crippen molar-refractivity contribution < 1.29 is 18.4 Å². The third kappa shape index (κ3) is 36.4. The maximum atomic E-state index is 14.3. The van der Waals surface area contributed by atoms with Gasteiger partial charge >= 0.3 is 13.3 Å². The number of nitrogen functional groups attached to an aromatic ring is 1. The summed E-state index contributed by atoms with van der Waals surface area (Å²) in [6.45, 7) is 33.9. The molecule has 6 unspecified atom stereocenters. The van der Waals surface area contributed by atoms with Crippen LogP contribution in [0.25, 0.3) is 11.2 Å². The van der Waals surface area contributed by atoms with E-state index in [1.165, 1.54) is 120 Å². The van der Waals surface area contributed by atoms with E-state index in [2.05, 4.69) is 118 Å². The lowest BCUT2D eigenvalue weighted by Crippen LogP contribution is -2.28. The van der Waals surface area contributed by atoms with Gasteiger partial charge in [-0.2, -0.15) is 9.97 Å². The second-order valence-corrected chi connectivity index (χ2v) is 29.7. The van der Waals surface area contributed by atoms with Gasteiger partial charge in [-0.15, -0.1) is 0 Å². The Morgan fingerprint density at radius 1 is 0.535 bits per heavy atom. The molecule has 496 valence electrons. The molecule has 0 saturated carbocycles. The normalized spacial score (nSPS) is 14.8. The lowest BCUT2D eigenvalue weighted by molar-refractivity contribution is 0.0953. The summed E-state index contributed by atoms with van der Waals surface area (Å²) in [7, 11) is -3.19. The number of nitrogens with one attached hydrogen (secondary N) is 6. The van der Waals surface area contributed by atoms with E-state index in [1.807, 2.05) is 12.1 Å². The number of carbonyl (C=O) groups is 1. The molecule has 6 atom stereocenters. The molecule has 86 heavy (non-hydrogen) atoms. The minimum Gasteiger partial charge on any atom is -0.382 e. The largest absolute Gasteiger partial charge is 0.382 e. The van der Waals surface area contributed by atoms with Gasteiger partial charge in [0.15, 0.2) is 11.5 Å².